The van der Waals surface area contributed by atoms with Gasteiger partial charge < -0.3 is 0 Å². The molecule has 1 aromatic rings. The van der Waals surface area contributed by atoms with Gasteiger partial charge in [0.2, 0.25) is 0 Å². The van der Waals surface area contributed by atoms with Crippen LogP contribution in [-0.4, -0.2) is 18.6 Å². The Balaban J connectivity index is 3.10. The zero-order valence-corrected chi connectivity index (χ0v) is 8.82. The first kappa shape index (κ1) is 10.4. The van der Waals surface area contributed by atoms with Gasteiger partial charge in [0.25, 0.3) is 0 Å². The van der Waals surface area contributed by atoms with E-state index in [1.54, 1.807) is 18.0 Å². The molecule has 0 spiro atoms. The van der Waals surface area contributed by atoms with Gasteiger partial charge in [0.1, 0.15) is 7.85 Å². The van der Waals surface area contributed by atoms with Gasteiger partial charge in [0, 0.05) is 11.1 Å². The summed E-state index contributed by atoms with van der Waals surface area (Å²) in [6, 6.07) is 1.95. The quantitative estimate of drug-likeness (QED) is 0.532. The zero-order valence-electron chi connectivity index (χ0n) is 8.00. The van der Waals surface area contributed by atoms with Crippen molar-refractivity contribution in [2.45, 2.75) is 18.7 Å². The topological polar surface area (TPSA) is 12.9 Å². The predicted octanol–water partition coefficient (Wildman–Crippen LogP) is 2.02. The van der Waals surface area contributed by atoms with Crippen molar-refractivity contribution in [3.8, 4) is 0 Å². The maximum atomic E-state index is 5.65. The molecule has 0 fully saturated rings. The molecular formula is C10H12BNS. The van der Waals surface area contributed by atoms with Crippen LogP contribution < -0.4 is 5.46 Å². The minimum absolute atomic E-state index is 0.709. The summed E-state index contributed by atoms with van der Waals surface area (Å²) in [6.45, 7) is 7.95. The van der Waals surface area contributed by atoms with Crippen molar-refractivity contribution in [3.63, 3.8) is 0 Å². The predicted molar refractivity (Wildman–Crippen MR) is 60.7 cm³/mol. The van der Waals surface area contributed by atoms with Gasteiger partial charge in [-0.3, -0.25) is 4.98 Å². The molecule has 2 radical (unpaired) electrons. The summed E-state index contributed by atoms with van der Waals surface area (Å²) >= 11 is 1.74. The molecule has 66 valence electrons. The number of rotatable bonds is 3. The average Bonchev–Trinajstić information content (AvgIpc) is 2.04. The van der Waals surface area contributed by atoms with E-state index in [0.29, 0.717) is 5.46 Å². The first-order valence-corrected chi connectivity index (χ1v) is 5.18. The van der Waals surface area contributed by atoms with Crippen LogP contribution in [-0.2, 0) is 0 Å². The third-order valence-corrected chi connectivity index (χ3v) is 2.49. The Morgan fingerprint density at radius 1 is 1.69 bits per heavy atom. The van der Waals surface area contributed by atoms with E-state index in [1.807, 2.05) is 13.0 Å². The number of allylic oxidation sites excluding steroid dienone is 1. The first-order chi connectivity index (χ1) is 6.15. The summed E-state index contributed by atoms with van der Waals surface area (Å²) in [4.78, 5) is 5.37. The summed E-state index contributed by atoms with van der Waals surface area (Å²) in [6.07, 6.45) is 1.67. The van der Waals surface area contributed by atoms with Gasteiger partial charge in [0.05, 0.1) is 5.69 Å². The van der Waals surface area contributed by atoms with E-state index in [1.165, 1.54) is 0 Å². The molecule has 1 heterocycles. The van der Waals surface area contributed by atoms with E-state index < -0.39 is 0 Å². The number of pyridine rings is 1. The van der Waals surface area contributed by atoms with E-state index >= 15 is 0 Å². The maximum absolute atomic E-state index is 5.65. The van der Waals surface area contributed by atoms with Crippen LogP contribution in [0, 0.1) is 0 Å². The molecule has 0 amide bonds. The van der Waals surface area contributed by atoms with E-state index in [0.717, 1.165) is 21.9 Å². The molecule has 0 bridgehead atoms. The lowest BCUT2D eigenvalue weighted by molar-refractivity contribution is 1.19. The second-order valence-corrected chi connectivity index (χ2v) is 4.13. The number of hydrogen-bond acceptors (Lipinski definition) is 2. The Morgan fingerprint density at radius 3 is 2.92 bits per heavy atom. The van der Waals surface area contributed by atoms with Gasteiger partial charge in [0.15, 0.2) is 0 Å². The van der Waals surface area contributed by atoms with E-state index in [-0.39, 0.29) is 0 Å². The minimum atomic E-state index is 0.709. The van der Waals surface area contributed by atoms with Crippen molar-refractivity contribution in [1.82, 2.24) is 4.98 Å². The summed E-state index contributed by atoms with van der Waals surface area (Å²) in [5.74, 6) is 1.02. The van der Waals surface area contributed by atoms with Gasteiger partial charge in [-0.1, -0.05) is 25.0 Å². The highest BCUT2D eigenvalue weighted by molar-refractivity contribution is 7.99. The molecule has 0 N–H and O–H groups in total. The molecule has 1 aromatic heterocycles. The van der Waals surface area contributed by atoms with Crippen LogP contribution in [0.4, 0.5) is 0 Å². The van der Waals surface area contributed by atoms with Crippen molar-refractivity contribution >= 4 is 30.6 Å². The Morgan fingerprint density at radius 2 is 2.38 bits per heavy atom. The highest BCUT2D eigenvalue weighted by atomic mass is 32.2. The highest BCUT2D eigenvalue weighted by Crippen LogP contribution is 2.23. The van der Waals surface area contributed by atoms with Gasteiger partial charge in [-0.25, -0.2) is 0 Å². The van der Waals surface area contributed by atoms with Crippen molar-refractivity contribution in [1.29, 1.82) is 0 Å². The highest BCUT2D eigenvalue weighted by Gasteiger charge is 2.04. The van der Waals surface area contributed by atoms with Crippen LogP contribution in [0.1, 0.15) is 19.5 Å². The van der Waals surface area contributed by atoms with Crippen molar-refractivity contribution < 1.29 is 0 Å². The Labute approximate surface area is 85.1 Å². The molecule has 0 saturated carbocycles. The standard InChI is InChI=1S/C10H12BNS/c1-4-13-9-5-8(11)6-12-10(9)7(2)3/h5-6H,2,4H2,1,3H3. The summed E-state index contributed by atoms with van der Waals surface area (Å²) < 4.78 is 0. The summed E-state index contributed by atoms with van der Waals surface area (Å²) in [5.41, 5.74) is 2.65. The van der Waals surface area contributed by atoms with Crippen LogP contribution in [0.5, 0.6) is 0 Å². The van der Waals surface area contributed by atoms with E-state index in [9.17, 15) is 0 Å². The lowest BCUT2D eigenvalue weighted by Gasteiger charge is -2.07. The molecule has 0 aliphatic carbocycles. The summed E-state index contributed by atoms with van der Waals surface area (Å²) in [7, 11) is 5.65. The Hall–Kier alpha value is -0.695. The average molecular weight is 189 g/mol. The largest absolute Gasteiger partial charge is 0.256 e. The molecule has 0 aliphatic heterocycles. The molecular weight excluding hydrogens is 177 g/mol. The molecule has 0 unspecified atom stereocenters. The second-order valence-electron chi connectivity index (χ2n) is 2.83. The van der Waals surface area contributed by atoms with E-state index in [4.69, 9.17) is 7.85 Å². The number of nitrogens with zero attached hydrogens (tertiary/aromatic N) is 1. The fourth-order valence-corrected chi connectivity index (χ4v) is 1.94. The molecule has 0 saturated heterocycles. The van der Waals surface area contributed by atoms with Crippen LogP contribution in [0.25, 0.3) is 5.57 Å². The van der Waals surface area contributed by atoms with Crippen LogP contribution in [0.15, 0.2) is 23.7 Å². The Bertz CT molecular complexity index is 323. The lowest BCUT2D eigenvalue weighted by Crippen LogP contribution is -2.05. The molecule has 0 aromatic carbocycles. The SMILES string of the molecule is [B]c1cnc(C(=C)C)c(SCC)c1. The number of thioether (sulfide) groups is 1. The van der Waals surface area contributed by atoms with Gasteiger partial charge >= 0.3 is 0 Å². The molecule has 0 aliphatic rings. The third kappa shape index (κ3) is 2.63. The first-order valence-electron chi connectivity index (χ1n) is 4.19. The molecule has 1 nitrogen and oxygen atoms in total. The maximum Gasteiger partial charge on any atom is 0.116 e. The Kier molecular flexibility index (Phi) is 3.61. The second kappa shape index (κ2) is 4.52. The van der Waals surface area contributed by atoms with Gasteiger partial charge in [-0.2, -0.15) is 0 Å². The molecule has 1 rings (SSSR count). The molecule has 3 heteroatoms. The van der Waals surface area contributed by atoms with Crippen LogP contribution >= 0.6 is 11.8 Å². The monoisotopic (exact) mass is 189 g/mol. The summed E-state index contributed by atoms with van der Waals surface area (Å²) in [5, 5.41) is 0. The van der Waals surface area contributed by atoms with E-state index in [2.05, 4.69) is 18.5 Å². The zero-order chi connectivity index (χ0) is 9.84. The molecule has 13 heavy (non-hydrogen) atoms. The minimum Gasteiger partial charge on any atom is -0.256 e. The smallest absolute Gasteiger partial charge is 0.116 e. The van der Waals surface area contributed by atoms with Gasteiger partial charge in [-0.15, -0.1) is 11.8 Å². The normalized spacial score (nSPS) is 10.0. The number of hydrogen-bond donors (Lipinski definition) is 0. The van der Waals surface area contributed by atoms with Crippen LogP contribution in [0.3, 0.4) is 0 Å². The van der Waals surface area contributed by atoms with Crippen molar-refractivity contribution in [2.75, 3.05) is 5.75 Å². The fraction of sp³-hybridized carbons (Fsp3) is 0.300. The van der Waals surface area contributed by atoms with Crippen molar-refractivity contribution in [2.24, 2.45) is 0 Å². The fourth-order valence-electron chi connectivity index (χ4n) is 1.05. The lowest BCUT2D eigenvalue weighted by atomic mass is 9.98. The van der Waals surface area contributed by atoms with Gasteiger partial charge in [-0.05, 0) is 18.2 Å². The van der Waals surface area contributed by atoms with Crippen molar-refractivity contribution in [3.05, 3.63) is 24.5 Å². The third-order valence-electron chi connectivity index (χ3n) is 1.58. The number of aromatic nitrogens is 1. The molecule has 0 atom stereocenters. The van der Waals surface area contributed by atoms with Crippen LogP contribution in [0.2, 0.25) is 0 Å².